The molecule has 1 aromatic carbocycles. The Kier molecular flexibility index (Phi) is 3.89. The van der Waals surface area contributed by atoms with Gasteiger partial charge in [0.25, 0.3) is 17.5 Å². The molecular formula is C11H12F2N4O4. The Morgan fingerprint density at radius 1 is 1.52 bits per heavy atom. The Labute approximate surface area is 117 Å². The molecule has 0 radical (unpaired) electrons. The van der Waals surface area contributed by atoms with Crippen molar-refractivity contribution >= 4 is 23.0 Å². The number of rotatable bonds is 5. The third-order valence-corrected chi connectivity index (χ3v) is 2.76. The summed E-state index contributed by atoms with van der Waals surface area (Å²) in [5, 5.41) is 15.7. The molecule has 0 atom stereocenters. The second kappa shape index (κ2) is 5.48. The highest BCUT2D eigenvalue weighted by atomic mass is 19.3. The minimum Gasteiger partial charge on any atom is -0.481 e. The maximum absolute atomic E-state index is 13.1. The summed E-state index contributed by atoms with van der Waals surface area (Å²) in [4.78, 5) is 21.4. The van der Waals surface area contributed by atoms with E-state index in [0.717, 1.165) is 6.07 Å². The first kappa shape index (κ1) is 14.9. The smallest absolute Gasteiger partial charge is 0.296 e. The lowest BCUT2D eigenvalue weighted by molar-refractivity contribution is -0.384. The van der Waals surface area contributed by atoms with E-state index in [1.54, 1.807) is 0 Å². The standard InChI is InChI=1S/C11H12F2N4O4/c12-11(13,4-14)5-15-6-1-7-9(2-8(6)17(19)20)21-3-10(18)16-7/h1-2,15H,3-5,14H2,(H,16,18). The molecule has 0 aliphatic carbocycles. The number of amides is 1. The minimum atomic E-state index is -3.20. The lowest BCUT2D eigenvalue weighted by Crippen LogP contribution is -2.35. The highest BCUT2D eigenvalue weighted by Gasteiger charge is 2.29. The van der Waals surface area contributed by atoms with Crippen LogP contribution in [-0.4, -0.2) is 36.4 Å². The first-order valence-corrected chi connectivity index (χ1v) is 5.89. The molecule has 1 aliphatic heterocycles. The number of halogens is 2. The fourth-order valence-corrected chi connectivity index (χ4v) is 1.71. The van der Waals surface area contributed by atoms with E-state index >= 15 is 0 Å². The van der Waals surface area contributed by atoms with E-state index in [9.17, 15) is 23.7 Å². The Morgan fingerprint density at radius 2 is 2.24 bits per heavy atom. The van der Waals surface area contributed by atoms with Crippen molar-refractivity contribution in [3.63, 3.8) is 0 Å². The number of benzene rings is 1. The van der Waals surface area contributed by atoms with Crippen LogP contribution in [0, 0.1) is 10.1 Å². The second-order valence-electron chi connectivity index (χ2n) is 4.37. The summed E-state index contributed by atoms with van der Waals surface area (Å²) in [6.45, 7) is -2.02. The van der Waals surface area contributed by atoms with Crippen molar-refractivity contribution in [1.82, 2.24) is 0 Å². The SMILES string of the molecule is NCC(F)(F)CNc1cc2c(cc1[N+](=O)[O-])OCC(=O)N2. The zero-order chi connectivity index (χ0) is 15.6. The fourth-order valence-electron chi connectivity index (χ4n) is 1.71. The van der Waals surface area contributed by atoms with Crippen LogP contribution in [0.3, 0.4) is 0 Å². The molecule has 10 heteroatoms. The number of fused-ring (bicyclic) bond motifs is 1. The number of nitrogens with one attached hydrogen (secondary N) is 2. The van der Waals surface area contributed by atoms with E-state index in [1.807, 2.05) is 0 Å². The van der Waals surface area contributed by atoms with E-state index < -0.39 is 35.5 Å². The van der Waals surface area contributed by atoms with Gasteiger partial charge in [0.05, 0.1) is 29.8 Å². The normalized spacial score (nSPS) is 14.0. The van der Waals surface area contributed by atoms with Crippen molar-refractivity contribution < 1.29 is 23.2 Å². The van der Waals surface area contributed by atoms with Gasteiger partial charge in [-0.15, -0.1) is 0 Å². The van der Waals surface area contributed by atoms with Gasteiger partial charge in [-0.1, -0.05) is 0 Å². The van der Waals surface area contributed by atoms with E-state index in [2.05, 4.69) is 10.6 Å². The number of ether oxygens (including phenoxy) is 1. The van der Waals surface area contributed by atoms with Crippen LogP contribution in [0.15, 0.2) is 12.1 Å². The van der Waals surface area contributed by atoms with Gasteiger partial charge in [-0.05, 0) is 6.07 Å². The summed E-state index contributed by atoms with van der Waals surface area (Å²) < 4.78 is 31.3. The van der Waals surface area contributed by atoms with Gasteiger partial charge in [-0.25, -0.2) is 8.78 Å². The fraction of sp³-hybridized carbons (Fsp3) is 0.364. The Hall–Kier alpha value is -2.49. The van der Waals surface area contributed by atoms with Crippen LogP contribution in [0.25, 0.3) is 0 Å². The summed E-state index contributed by atoms with van der Waals surface area (Å²) in [7, 11) is 0. The van der Waals surface area contributed by atoms with Gasteiger partial charge >= 0.3 is 0 Å². The van der Waals surface area contributed by atoms with E-state index in [4.69, 9.17) is 10.5 Å². The van der Waals surface area contributed by atoms with Crippen LogP contribution in [0.1, 0.15) is 0 Å². The molecule has 1 aromatic rings. The van der Waals surface area contributed by atoms with Crippen LogP contribution < -0.4 is 21.1 Å². The van der Waals surface area contributed by atoms with Gasteiger partial charge in [0.15, 0.2) is 12.4 Å². The van der Waals surface area contributed by atoms with Crippen molar-refractivity contribution in [2.45, 2.75) is 5.92 Å². The largest absolute Gasteiger partial charge is 0.481 e. The monoisotopic (exact) mass is 302 g/mol. The van der Waals surface area contributed by atoms with Crippen molar-refractivity contribution in [2.24, 2.45) is 5.73 Å². The minimum absolute atomic E-state index is 0.109. The molecule has 114 valence electrons. The third kappa shape index (κ3) is 3.34. The molecule has 0 fully saturated rings. The van der Waals surface area contributed by atoms with Crippen LogP contribution in [-0.2, 0) is 4.79 Å². The zero-order valence-corrected chi connectivity index (χ0v) is 10.7. The van der Waals surface area contributed by atoms with Crippen molar-refractivity contribution in [3.05, 3.63) is 22.2 Å². The number of nitro groups is 1. The maximum Gasteiger partial charge on any atom is 0.296 e. The molecule has 8 nitrogen and oxygen atoms in total. The Bertz CT molecular complexity index is 594. The number of carbonyl (C=O) groups excluding carboxylic acids is 1. The van der Waals surface area contributed by atoms with E-state index in [-0.39, 0.29) is 23.7 Å². The molecule has 0 bridgehead atoms. The summed E-state index contributed by atoms with van der Waals surface area (Å²) in [5.74, 6) is -3.53. The third-order valence-electron chi connectivity index (χ3n) is 2.76. The van der Waals surface area contributed by atoms with Gasteiger partial charge in [0, 0.05) is 0 Å². The number of nitrogens with zero attached hydrogens (tertiary/aromatic N) is 1. The lowest BCUT2D eigenvalue weighted by atomic mass is 10.2. The van der Waals surface area contributed by atoms with Crippen LogP contribution in [0.4, 0.5) is 25.8 Å². The van der Waals surface area contributed by atoms with Crippen LogP contribution in [0.2, 0.25) is 0 Å². The number of alkyl halides is 2. The molecule has 0 saturated carbocycles. The molecule has 21 heavy (non-hydrogen) atoms. The summed E-state index contributed by atoms with van der Waals surface area (Å²) in [5.41, 5.74) is 4.49. The Morgan fingerprint density at radius 3 is 2.86 bits per heavy atom. The topological polar surface area (TPSA) is 120 Å². The second-order valence-corrected chi connectivity index (χ2v) is 4.37. The number of nitro benzene ring substituents is 1. The molecule has 0 aromatic heterocycles. The summed E-state index contributed by atoms with van der Waals surface area (Å²) in [6, 6.07) is 2.24. The molecule has 0 saturated heterocycles. The number of hydrogen-bond acceptors (Lipinski definition) is 6. The van der Waals surface area contributed by atoms with Gasteiger partial charge in [-0.2, -0.15) is 0 Å². The molecule has 4 N–H and O–H groups in total. The van der Waals surface area contributed by atoms with E-state index in [0.29, 0.717) is 0 Å². The maximum atomic E-state index is 13.1. The van der Waals surface area contributed by atoms with Gasteiger partial charge in [0.1, 0.15) is 5.69 Å². The molecule has 0 unspecified atom stereocenters. The average molecular weight is 302 g/mol. The lowest BCUT2D eigenvalue weighted by Gasteiger charge is -2.20. The van der Waals surface area contributed by atoms with Gasteiger partial charge < -0.3 is 21.1 Å². The highest BCUT2D eigenvalue weighted by molar-refractivity contribution is 5.96. The van der Waals surface area contributed by atoms with Crippen LogP contribution in [0.5, 0.6) is 5.75 Å². The number of nitrogens with two attached hydrogens (primary N) is 1. The van der Waals surface area contributed by atoms with Crippen molar-refractivity contribution in [3.8, 4) is 5.75 Å². The predicted molar refractivity (Wildman–Crippen MR) is 69.7 cm³/mol. The highest BCUT2D eigenvalue weighted by Crippen LogP contribution is 2.38. The van der Waals surface area contributed by atoms with Gasteiger partial charge in [0.2, 0.25) is 0 Å². The quantitative estimate of drug-likeness (QED) is 0.550. The number of hydrogen-bond donors (Lipinski definition) is 3. The Balaban J connectivity index is 2.32. The summed E-state index contributed by atoms with van der Waals surface area (Å²) >= 11 is 0. The first-order valence-electron chi connectivity index (χ1n) is 5.89. The molecule has 1 amide bonds. The number of carbonyl (C=O) groups is 1. The first-order chi connectivity index (χ1) is 9.82. The van der Waals surface area contributed by atoms with Crippen molar-refractivity contribution in [1.29, 1.82) is 0 Å². The molecule has 0 spiro atoms. The molecule has 2 rings (SSSR count). The summed E-state index contributed by atoms with van der Waals surface area (Å²) in [6.07, 6.45) is 0. The number of anilines is 2. The van der Waals surface area contributed by atoms with E-state index in [1.165, 1.54) is 6.07 Å². The average Bonchev–Trinajstić information content (AvgIpc) is 2.44. The predicted octanol–water partition coefficient (Wildman–Crippen LogP) is 0.932. The molecule has 1 heterocycles. The van der Waals surface area contributed by atoms with Gasteiger partial charge in [-0.3, -0.25) is 14.9 Å². The molecular weight excluding hydrogens is 290 g/mol. The van der Waals surface area contributed by atoms with Crippen LogP contribution >= 0.6 is 0 Å². The van der Waals surface area contributed by atoms with Crippen molar-refractivity contribution in [2.75, 3.05) is 30.3 Å². The molecule has 1 aliphatic rings. The zero-order valence-electron chi connectivity index (χ0n) is 10.7.